The Labute approximate surface area is 172 Å². The largest absolute Gasteiger partial charge is 0.459 e. The van der Waals surface area contributed by atoms with E-state index in [2.05, 4.69) is 20.3 Å². The van der Waals surface area contributed by atoms with Crippen LogP contribution in [0, 0.1) is 0 Å². The molecule has 9 nitrogen and oxygen atoms in total. The summed E-state index contributed by atoms with van der Waals surface area (Å²) in [4.78, 5) is 36.5. The van der Waals surface area contributed by atoms with E-state index in [0.717, 1.165) is 5.56 Å². The minimum absolute atomic E-state index is 0.0382. The van der Waals surface area contributed by atoms with Crippen LogP contribution in [0.5, 0.6) is 0 Å². The lowest BCUT2D eigenvalue weighted by Crippen LogP contribution is -2.26. The highest BCUT2D eigenvalue weighted by molar-refractivity contribution is 6.33. The summed E-state index contributed by atoms with van der Waals surface area (Å²) in [6, 6.07) is 9.23. The van der Waals surface area contributed by atoms with Crippen LogP contribution in [0.25, 0.3) is 11.2 Å². The smallest absolute Gasteiger partial charge is 0.414 e. The molecule has 2 heterocycles. The molecule has 0 spiro atoms. The molecule has 3 aromatic rings. The predicted molar refractivity (Wildman–Crippen MR) is 106 cm³/mol. The van der Waals surface area contributed by atoms with E-state index in [4.69, 9.17) is 21.1 Å². The van der Waals surface area contributed by atoms with Crippen LogP contribution in [0.4, 0.5) is 10.7 Å². The molecular formula is C19H20ClN5O4. The fourth-order valence-corrected chi connectivity index (χ4v) is 2.66. The maximum absolute atomic E-state index is 12.1. The summed E-state index contributed by atoms with van der Waals surface area (Å²) in [5.41, 5.74) is 0.815. The highest BCUT2D eigenvalue weighted by atomic mass is 35.5. The van der Waals surface area contributed by atoms with Gasteiger partial charge in [-0.05, 0) is 26.3 Å². The zero-order valence-electron chi connectivity index (χ0n) is 16.2. The molecule has 0 aliphatic rings. The molecule has 0 saturated heterocycles. The highest BCUT2D eigenvalue weighted by Gasteiger charge is 2.19. The Morgan fingerprint density at radius 2 is 1.90 bits per heavy atom. The molecule has 0 bridgehead atoms. The van der Waals surface area contributed by atoms with Gasteiger partial charge >= 0.3 is 12.1 Å². The fourth-order valence-electron chi connectivity index (χ4n) is 2.44. The Kier molecular flexibility index (Phi) is 5.97. The van der Waals surface area contributed by atoms with Crippen LogP contribution < -0.4 is 5.32 Å². The van der Waals surface area contributed by atoms with Crippen LogP contribution in [-0.2, 0) is 27.4 Å². The lowest BCUT2D eigenvalue weighted by molar-refractivity contribution is -0.155. The van der Waals surface area contributed by atoms with Crippen LogP contribution in [0.3, 0.4) is 0 Å². The topological polar surface area (TPSA) is 108 Å². The number of nitrogens with zero attached hydrogens (tertiary/aromatic N) is 4. The number of carbonyl (C=O) groups excluding carboxylic acids is 2. The van der Waals surface area contributed by atoms with Crippen molar-refractivity contribution in [2.75, 3.05) is 5.32 Å². The van der Waals surface area contributed by atoms with Crippen molar-refractivity contribution in [3.8, 4) is 0 Å². The number of imidazole rings is 1. The number of anilines is 1. The zero-order chi connectivity index (χ0) is 21.0. The Morgan fingerprint density at radius 1 is 1.17 bits per heavy atom. The van der Waals surface area contributed by atoms with E-state index in [1.54, 1.807) is 20.8 Å². The SMILES string of the molecule is CC(C)(C)OC(=O)Cn1cnc2c(Cl)nc(NC(=O)OCc3ccccc3)nc21. The molecule has 2 aromatic heterocycles. The molecule has 1 amide bonds. The zero-order valence-corrected chi connectivity index (χ0v) is 16.9. The quantitative estimate of drug-likeness (QED) is 0.499. The summed E-state index contributed by atoms with van der Waals surface area (Å²) in [5, 5.41) is 2.47. The normalized spacial score (nSPS) is 11.3. The average Bonchev–Trinajstić information content (AvgIpc) is 3.02. The first kappa shape index (κ1) is 20.5. The maximum atomic E-state index is 12.1. The number of hydrogen-bond donors (Lipinski definition) is 1. The van der Waals surface area contributed by atoms with Gasteiger partial charge in [0.25, 0.3) is 0 Å². The molecule has 0 atom stereocenters. The molecule has 1 aromatic carbocycles. The number of hydrogen-bond acceptors (Lipinski definition) is 7. The Hall–Kier alpha value is -3.20. The van der Waals surface area contributed by atoms with Gasteiger partial charge in [-0.15, -0.1) is 0 Å². The second-order valence-electron chi connectivity index (χ2n) is 7.16. The second kappa shape index (κ2) is 8.44. The Morgan fingerprint density at radius 3 is 2.59 bits per heavy atom. The number of esters is 1. The van der Waals surface area contributed by atoms with Crippen LogP contribution in [0.15, 0.2) is 36.7 Å². The van der Waals surface area contributed by atoms with Gasteiger partial charge in [-0.2, -0.15) is 9.97 Å². The Balaban J connectivity index is 1.72. The van der Waals surface area contributed by atoms with Crippen molar-refractivity contribution in [3.63, 3.8) is 0 Å². The molecule has 0 aliphatic carbocycles. The number of rotatable bonds is 5. The third-order valence-corrected chi connectivity index (χ3v) is 3.83. The van der Waals surface area contributed by atoms with E-state index in [1.165, 1.54) is 10.9 Å². The number of ether oxygens (including phenoxy) is 2. The van der Waals surface area contributed by atoms with Crippen molar-refractivity contribution in [1.82, 2.24) is 19.5 Å². The highest BCUT2D eigenvalue weighted by Crippen LogP contribution is 2.21. The first-order valence-corrected chi connectivity index (χ1v) is 9.17. The Bertz CT molecular complexity index is 1030. The van der Waals surface area contributed by atoms with Crippen molar-refractivity contribution in [2.24, 2.45) is 0 Å². The number of benzene rings is 1. The summed E-state index contributed by atoms with van der Waals surface area (Å²) >= 11 is 6.14. The predicted octanol–water partition coefficient (Wildman–Crippen LogP) is 3.57. The molecule has 3 rings (SSSR count). The summed E-state index contributed by atoms with van der Waals surface area (Å²) in [5.74, 6) is -0.519. The van der Waals surface area contributed by atoms with Crippen LogP contribution in [0.1, 0.15) is 26.3 Å². The minimum Gasteiger partial charge on any atom is -0.459 e. The van der Waals surface area contributed by atoms with Gasteiger partial charge in [0, 0.05) is 0 Å². The maximum Gasteiger partial charge on any atom is 0.414 e. The van der Waals surface area contributed by atoms with Gasteiger partial charge in [-0.3, -0.25) is 10.1 Å². The first-order chi connectivity index (χ1) is 13.7. The molecule has 29 heavy (non-hydrogen) atoms. The number of amides is 1. The summed E-state index contributed by atoms with van der Waals surface area (Å²) in [7, 11) is 0. The molecule has 0 saturated carbocycles. The lowest BCUT2D eigenvalue weighted by Gasteiger charge is -2.19. The van der Waals surface area contributed by atoms with Gasteiger partial charge in [0.15, 0.2) is 10.8 Å². The number of fused-ring (bicyclic) bond motifs is 1. The summed E-state index contributed by atoms with van der Waals surface area (Å²) in [6.07, 6.45) is 0.676. The van der Waals surface area contributed by atoms with Gasteiger partial charge in [-0.1, -0.05) is 41.9 Å². The second-order valence-corrected chi connectivity index (χ2v) is 7.51. The van der Waals surface area contributed by atoms with Crippen LogP contribution in [-0.4, -0.2) is 37.2 Å². The van der Waals surface area contributed by atoms with E-state index < -0.39 is 17.7 Å². The van der Waals surface area contributed by atoms with Crippen molar-refractivity contribution in [1.29, 1.82) is 0 Å². The van der Waals surface area contributed by atoms with E-state index in [-0.39, 0.29) is 29.9 Å². The molecule has 0 unspecified atom stereocenters. The van der Waals surface area contributed by atoms with Crippen LogP contribution >= 0.6 is 11.6 Å². The van der Waals surface area contributed by atoms with Crippen LogP contribution in [0.2, 0.25) is 5.15 Å². The van der Waals surface area contributed by atoms with Gasteiger partial charge in [-0.25, -0.2) is 9.78 Å². The van der Waals surface area contributed by atoms with E-state index in [1.807, 2.05) is 30.3 Å². The van der Waals surface area contributed by atoms with Gasteiger partial charge < -0.3 is 14.0 Å². The standard InChI is InChI=1S/C19H20ClN5O4/c1-19(2,3)29-13(26)9-25-11-21-14-15(20)22-17(23-16(14)25)24-18(27)28-10-12-7-5-4-6-8-12/h4-8,11H,9-10H2,1-3H3,(H,22,23,24,27). The van der Waals surface area contributed by atoms with E-state index in [0.29, 0.717) is 5.52 Å². The fraction of sp³-hybridized carbons (Fsp3) is 0.316. The van der Waals surface area contributed by atoms with Crippen molar-refractivity contribution in [2.45, 2.75) is 39.5 Å². The van der Waals surface area contributed by atoms with Crippen molar-refractivity contribution < 1.29 is 19.1 Å². The third-order valence-electron chi connectivity index (χ3n) is 3.57. The molecule has 0 radical (unpaired) electrons. The molecular weight excluding hydrogens is 398 g/mol. The molecule has 152 valence electrons. The van der Waals surface area contributed by atoms with Crippen molar-refractivity contribution in [3.05, 3.63) is 47.4 Å². The number of carbonyl (C=O) groups is 2. The lowest BCUT2D eigenvalue weighted by atomic mass is 10.2. The van der Waals surface area contributed by atoms with E-state index >= 15 is 0 Å². The average molecular weight is 418 g/mol. The molecule has 0 aliphatic heterocycles. The minimum atomic E-state index is -0.734. The summed E-state index contributed by atoms with van der Waals surface area (Å²) in [6.45, 7) is 5.31. The molecule has 1 N–H and O–H groups in total. The molecule has 0 fully saturated rings. The van der Waals surface area contributed by atoms with Gasteiger partial charge in [0.05, 0.1) is 6.33 Å². The van der Waals surface area contributed by atoms with Crippen molar-refractivity contribution >= 4 is 40.8 Å². The number of nitrogens with one attached hydrogen (secondary N) is 1. The summed E-state index contributed by atoms with van der Waals surface area (Å²) < 4.78 is 11.9. The van der Waals surface area contributed by atoms with Gasteiger partial charge in [0.2, 0.25) is 5.95 Å². The number of halogens is 1. The molecule has 10 heteroatoms. The van der Waals surface area contributed by atoms with Gasteiger partial charge in [0.1, 0.15) is 24.3 Å². The third kappa shape index (κ3) is 5.64. The first-order valence-electron chi connectivity index (χ1n) is 8.79. The monoisotopic (exact) mass is 417 g/mol. The number of aromatic nitrogens is 4. The van der Waals surface area contributed by atoms with E-state index in [9.17, 15) is 9.59 Å².